The number of piperazine rings is 1. The number of carbonyl (C=O) groups is 1. The zero-order valence-electron chi connectivity index (χ0n) is 17.4. The number of carbonyl (C=O) groups excluding carboxylic acids is 1. The summed E-state index contributed by atoms with van der Waals surface area (Å²) >= 11 is 6.31. The van der Waals surface area contributed by atoms with Crippen LogP contribution in [0.1, 0.15) is 12.8 Å². The molecule has 2 aromatic rings. The van der Waals surface area contributed by atoms with Crippen molar-refractivity contribution in [3.8, 4) is 5.75 Å². The fraction of sp³-hybridized carbons (Fsp3) is 0.435. The van der Waals surface area contributed by atoms with Crippen molar-refractivity contribution < 1.29 is 9.53 Å². The Morgan fingerprint density at radius 1 is 0.933 bits per heavy atom. The van der Waals surface area contributed by atoms with Crippen LogP contribution in [0, 0.1) is 0 Å². The van der Waals surface area contributed by atoms with E-state index in [-0.39, 0.29) is 12.1 Å². The van der Waals surface area contributed by atoms with E-state index in [1.807, 2.05) is 41.3 Å². The maximum absolute atomic E-state index is 12.7. The fourth-order valence-electron chi connectivity index (χ4n) is 4.20. The van der Waals surface area contributed by atoms with Crippen LogP contribution in [0.4, 0.5) is 16.2 Å². The molecule has 4 rings (SSSR count). The number of nitrogens with zero attached hydrogens (tertiary/aromatic N) is 3. The van der Waals surface area contributed by atoms with Crippen LogP contribution >= 0.6 is 11.6 Å². The van der Waals surface area contributed by atoms with Crippen molar-refractivity contribution in [2.24, 2.45) is 0 Å². The number of rotatable bonds is 4. The molecule has 2 fully saturated rings. The van der Waals surface area contributed by atoms with Crippen LogP contribution < -0.4 is 19.9 Å². The molecule has 2 amide bonds. The molecular formula is C23H29ClN4O2. The summed E-state index contributed by atoms with van der Waals surface area (Å²) in [6, 6.07) is 16.3. The molecule has 0 spiro atoms. The second-order valence-electron chi connectivity index (χ2n) is 7.83. The summed E-state index contributed by atoms with van der Waals surface area (Å²) in [7, 11) is 1.68. The van der Waals surface area contributed by atoms with Crippen molar-refractivity contribution in [2.45, 2.75) is 18.9 Å². The molecule has 30 heavy (non-hydrogen) atoms. The van der Waals surface area contributed by atoms with Gasteiger partial charge in [-0.05, 0) is 49.2 Å². The van der Waals surface area contributed by atoms with Gasteiger partial charge in [0.25, 0.3) is 0 Å². The molecule has 7 heteroatoms. The summed E-state index contributed by atoms with van der Waals surface area (Å²) < 4.78 is 5.23. The van der Waals surface area contributed by atoms with Crippen molar-refractivity contribution in [3.63, 3.8) is 0 Å². The third kappa shape index (κ3) is 4.75. The van der Waals surface area contributed by atoms with Crippen LogP contribution in [-0.2, 0) is 0 Å². The van der Waals surface area contributed by atoms with Crippen LogP contribution in [-0.4, -0.2) is 63.4 Å². The van der Waals surface area contributed by atoms with Gasteiger partial charge in [0, 0.05) is 51.0 Å². The van der Waals surface area contributed by atoms with Gasteiger partial charge < -0.3 is 24.8 Å². The lowest BCUT2D eigenvalue weighted by atomic mass is 10.0. The van der Waals surface area contributed by atoms with Crippen LogP contribution in [0.15, 0.2) is 48.5 Å². The average molecular weight is 429 g/mol. The van der Waals surface area contributed by atoms with Gasteiger partial charge in [0.1, 0.15) is 5.75 Å². The molecule has 2 saturated heterocycles. The van der Waals surface area contributed by atoms with Crippen LogP contribution in [0.5, 0.6) is 5.75 Å². The first kappa shape index (κ1) is 20.7. The van der Waals surface area contributed by atoms with Gasteiger partial charge >= 0.3 is 6.03 Å². The number of urea groups is 1. The van der Waals surface area contributed by atoms with E-state index in [1.165, 1.54) is 5.69 Å². The molecule has 0 radical (unpaired) electrons. The van der Waals surface area contributed by atoms with Gasteiger partial charge in [0.15, 0.2) is 0 Å². The number of nitrogens with one attached hydrogen (secondary N) is 1. The topological polar surface area (TPSA) is 48.1 Å². The lowest BCUT2D eigenvalue weighted by Crippen LogP contribution is -2.55. The van der Waals surface area contributed by atoms with Gasteiger partial charge in [-0.2, -0.15) is 0 Å². The molecular weight excluding hydrogens is 400 g/mol. The van der Waals surface area contributed by atoms with E-state index in [1.54, 1.807) is 7.11 Å². The monoisotopic (exact) mass is 428 g/mol. The number of anilines is 2. The summed E-state index contributed by atoms with van der Waals surface area (Å²) in [5.41, 5.74) is 2.25. The molecule has 2 heterocycles. The predicted octanol–water partition coefficient (Wildman–Crippen LogP) is 3.85. The highest BCUT2D eigenvalue weighted by molar-refractivity contribution is 6.33. The molecule has 2 aliphatic rings. The van der Waals surface area contributed by atoms with E-state index in [0.717, 1.165) is 55.5 Å². The van der Waals surface area contributed by atoms with Gasteiger partial charge in [-0.15, -0.1) is 0 Å². The number of para-hydroxylation sites is 1. The summed E-state index contributed by atoms with van der Waals surface area (Å²) in [6.45, 7) is 4.90. The van der Waals surface area contributed by atoms with Gasteiger partial charge in [-0.3, -0.25) is 0 Å². The Bertz CT molecular complexity index is 845. The molecule has 6 nitrogen and oxygen atoms in total. The number of amides is 2. The van der Waals surface area contributed by atoms with Crippen LogP contribution in [0.2, 0.25) is 5.02 Å². The van der Waals surface area contributed by atoms with Crippen molar-refractivity contribution in [3.05, 3.63) is 53.6 Å². The predicted molar refractivity (Wildman–Crippen MR) is 122 cm³/mol. The van der Waals surface area contributed by atoms with Crippen LogP contribution in [0.25, 0.3) is 0 Å². The SMILES string of the molecule is COc1ccc(N2CCC(NC(=O)N3CCN(c4ccccc4Cl)CC3)CC2)cc1. The van der Waals surface area contributed by atoms with Gasteiger partial charge in [0.05, 0.1) is 17.8 Å². The van der Waals surface area contributed by atoms with E-state index < -0.39 is 0 Å². The Morgan fingerprint density at radius 3 is 2.23 bits per heavy atom. The van der Waals surface area contributed by atoms with Crippen molar-refractivity contribution in [2.75, 3.05) is 56.2 Å². The average Bonchev–Trinajstić information content (AvgIpc) is 2.80. The highest BCUT2D eigenvalue weighted by atomic mass is 35.5. The number of hydrogen-bond donors (Lipinski definition) is 1. The first-order valence-corrected chi connectivity index (χ1v) is 11.0. The summed E-state index contributed by atoms with van der Waals surface area (Å²) in [6.07, 6.45) is 1.91. The van der Waals surface area contributed by atoms with E-state index in [4.69, 9.17) is 16.3 Å². The third-order valence-electron chi connectivity index (χ3n) is 6.02. The molecule has 0 bridgehead atoms. The zero-order valence-corrected chi connectivity index (χ0v) is 18.1. The van der Waals surface area contributed by atoms with Gasteiger partial charge in [-0.1, -0.05) is 23.7 Å². The number of halogens is 1. The number of ether oxygens (including phenoxy) is 1. The highest BCUT2D eigenvalue weighted by Gasteiger charge is 2.26. The normalized spacial score (nSPS) is 17.7. The lowest BCUT2D eigenvalue weighted by molar-refractivity contribution is 0.188. The second kappa shape index (κ2) is 9.47. The smallest absolute Gasteiger partial charge is 0.317 e. The van der Waals surface area contributed by atoms with Crippen LogP contribution in [0.3, 0.4) is 0 Å². The summed E-state index contributed by atoms with van der Waals surface area (Å²) in [5, 5.41) is 4.00. The summed E-state index contributed by atoms with van der Waals surface area (Å²) in [5.74, 6) is 0.871. The first-order chi connectivity index (χ1) is 14.6. The third-order valence-corrected chi connectivity index (χ3v) is 6.34. The molecule has 160 valence electrons. The number of methoxy groups -OCH3 is 1. The number of piperidine rings is 1. The van der Waals surface area contributed by atoms with Gasteiger partial charge in [0.2, 0.25) is 0 Å². The lowest BCUT2D eigenvalue weighted by Gasteiger charge is -2.38. The van der Waals surface area contributed by atoms with E-state index in [9.17, 15) is 4.79 Å². The largest absolute Gasteiger partial charge is 0.497 e. The number of hydrogen-bond acceptors (Lipinski definition) is 4. The van der Waals surface area contributed by atoms with E-state index in [0.29, 0.717) is 13.1 Å². The first-order valence-electron chi connectivity index (χ1n) is 10.6. The van der Waals surface area contributed by atoms with Crippen molar-refractivity contribution in [1.29, 1.82) is 0 Å². The summed E-state index contributed by atoms with van der Waals surface area (Å²) in [4.78, 5) is 19.3. The quantitative estimate of drug-likeness (QED) is 0.803. The maximum Gasteiger partial charge on any atom is 0.317 e. The standard InChI is InChI=1S/C23H29ClN4O2/c1-30-20-8-6-19(7-9-20)26-12-10-18(11-13-26)25-23(29)28-16-14-27(15-17-28)22-5-3-2-4-21(22)24/h2-9,18H,10-17H2,1H3,(H,25,29). The van der Waals surface area contributed by atoms with Gasteiger partial charge in [-0.25, -0.2) is 4.79 Å². The molecule has 0 atom stereocenters. The highest BCUT2D eigenvalue weighted by Crippen LogP contribution is 2.26. The fourth-order valence-corrected chi connectivity index (χ4v) is 4.45. The molecule has 2 aromatic carbocycles. The van der Waals surface area contributed by atoms with Crippen molar-refractivity contribution in [1.82, 2.24) is 10.2 Å². The molecule has 1 N–H and O–H groups in total. The molecule has 0 unspecified atom stereocenters. The van der Waals surface area contributed by atoms with E-state index >= 15 is 0 Å². The Balaban J connectivity index is 1.23. The Hall–Kier alpha value is -2.60. The molecule has 0 aliphatic carbocycles. The van der Waals surface area contributed by atoms with E-state index in [2.05, 4.69) is 27.2 Å². The Labute approximate surface area is 183 Å². The molecule has 2 aliphatic heterocycles. The Kier molecular flexibility index (Phi) is 6.53. The Morgan fingerprint density at radius 2 is 1.60 bits per heavy atom. The second-order valence-corrected chi connectivity index (χ2v) is 8.24. The zero-order chi connectivity index (χ0) is 20.9. The van der Waals surface area contributed by atoms with Crippen molar-refractivity contribution >= 4 is 29.0 Å². The minimum Gasteiger partial charge on any atom is -0.497 e. The molecule has 0 saturated carbocycles. The maximum atomic E-state index is 12.7. The molecule has 0 aromatic heterocycles. The minimum atomic E-state index is 0.0525. The minimum absolute atomic E-state index is 0.0525. The number of benzene rings is 2.